The molecule has 0 amide bonds. The molecule has 4 N–H and O–H groups in total. The fourth-order valence-electron chi connectivity index (χ4n) is 7.48. The molecule has 32 heavy (non-hydrogen) atoms. The van der Waals surface area contributed by atoms with Crippen molar-refractivity contribution in [3.05, 3.63) is 35.5 Å². The number of rotatable bonds is 6. The SMILES string of the molecule is C=C1/C(=C\C=C2/CCC[C@@]3(C)C2CCC3C2(CCCC(C)(C)O)CC2)CCC[C@@H]1O.CN. The van der Waals surface area contributed by atoms with E-state index in [2.05, 4.69) is 31.4 Å². The smallest absolute Gasteiger partial charge is 0.0787 e. The predicted octanol–water partition coefficient (Wildman–Crippen LogP) is 6.45. The van der Waals surface area contributed by atoms with Crippen LogP contribution in [0, 0.1) is 22.7 Å². The van der Waals surface area contributed by atoms with Crippen LogP contribution in [0.1, 0.15) is 104 Å². The number of allylic oxidation sites excluding steroid dienone is 3. The van der Waals surface area contributed by atoms with Gasteiger partial charge in [0.15, 0.2) is 0 Å². The van der Waals surface area contributed by atoms with Gasteiger partial charge < -0.3 is 15.9 Å². The maximum absolute atomic E-state index is 10.2. The Morgan fingerprint density at radius 2 is 1.78 bits per heavy atom. The highest BCUT2D eigenvalue weighted by molar-refractivity contribution is 5.38. The van der Waals surface area contributed by atoms with Gasteiger partial charge in [0.1, 0.15) is 0 Å². The number of hydrogen-bond donors (Lipinski definition) is 3. The molecule has 3 nitrogen and oxygen atoms in total. The van der Waals surface area contributed by atoms with E-state index in [1.54, 1.807) is 5.57 Å². The number of aliphatic hydroxyl groups is 2. The lowest BCUT2D eigenvalue weighted by Crippen LogP contribution is -2.37. The Bertz CT molecular complexity index is 724. The van der Waals surface area contributed by atoms with Crippen molar-refractivity contribution in [1.82, 2.24) is 0 Å². The molecule has 0 aromatic carbocycles. The highest BCUT2D eigenvalue weighted by Crippen LogP contribution is 2.70. The van der Waals surface area contributed by atoms with Gasteiger partial charge in [0.25, 0.3) is 0 Å². The molecular formula is C29H49NO2. The molecule has 4 saturated carbocycles. The summed E-state index contributed by atoms with van der Waals surface area (Å²) in [5.74, 6) is 1.60. The van der Waals surface area contributed by atoms with Gasteiger partial charge >= 0.3 is 0 Å². The zero-order valence-electron chi connectivity index (χ0n) is 21.3. The molecule has 0 aliphatic heterocycles. The van der Waals surface area contributed by atoms with Gasteiger partial charge in [-0.25, -0.2) is 0 Å². The van der Waals surface area contributed by atoms with Crippen LogP contribution in [-0.2, 0) is 0 Å². The van der Waals surface area contributed by atoms with Gasteiger partial charge in [0.2, 0.25) is 0 Å². The Labute approximate surface area is 197 Å². The number of fused-ring (bicyclic) bond motifs is 1. The van der Waals surface area contributed by atoms with E-state index in [-0.39, 0.29) is 6.10 Å². The maximum atomic E-state index is 10.2. The van der Waals surface area contributed by atoms with Gasteiger partial charge in [-0.1, -0.05) is 37.6 Å². The predicted molar refractivity (Wildman–Crippen MR) is 135 cm³/mol. The van der Waals surface area contributed by atoms with Crippen LogP contribution in [0.5, 0.6) is 0 Å². The lowest BCUT2D eigenvalue weighted by Gasteiger charge is -2.45. The minimum atomic E-state index is -0.525. The normalized spacial score (nSPS) is 36.6. The van der Waals surface area contributed by atoms with Gasteiger partial charge in [-0.2, -0.15) is 0 Å². The Balaban J connectivity index is 0.00000141. The quantitative estimate of drug-likeness (QED) is 0.442. The third-order valence-electron chi connectivity index (χ3n) is 9.30. The molecule has 3 heteroatoms. The fourth-order valence-corrected chi connectivity index (χ4v) is 7.48. The molecule has 0 aromatic heterocycles. The van der Waals surface area contributed by atoms with Crippen molar-refractivity contribution < 1.29 is 10.2 Å². The summed E-state index contributed by atoms with van der Waals surface area (Å²) < 4.78 is 0. The second kappa shape index (κ2) is 10.2. The van der Waals surface area contributed by atoms with Crippen LogP contribution in [0.15, 0.2) is 35.5 Å². The van der Waals surface area contributed by atoms with Crippen molar-refractivity contribution >= 4 is 0 Å². The maximum Gasteiger partial charge on any atom is 0.0787 e. The summed E-state index contributed by atoms with van der Waals surface area (Å²) in [6, 6.07) is 0. The molecule has 4 aliphatic rings. The van der Waals surface area contributed by atoms with Crippen molar-refractivity contribution in [1.29, 1.82) is 0 Å². The summed E-state index contributed by atoms with van der Waals surface area (Å²) in [5, 5.41) is 20.3. The van der Waals surface area contributed by atoms with Crippen LogP contribution in [0.3, 0.4) is 0 Å². The van der Waals surface area contributed by atoms with Gasteiger partial charge in [0, 0.05) is 0 Å². The van der Waals surface area contributed by atoms with Gasteiger partial charge in [-0.05, 0) is 132 Å². The first-order chi connectivity index (χ1) is 15.1. The average Bonchev–Trinajstić information content (AvgIpc) is 3.42. The summed E-state index contributed by atoms with van der Waals surface area (Å²) in [4.78, 5) is 0. The zero-order chi connectivity index (χ0) is 23.6. The minimum absolute atomic E-state index is 0.338. The van der Waals surface area contributed by atoms with Gasteiger partial charge in [0.05, 0.1) is 11.7 Å². The first-order valence-corrected chi connectivity index (χ1v) is 13.2. The summed E-state index contributed by atoms with van der Waals surface area (Å²) in [6.07, 6.45) is 20.3. The molecule has 4 atom stereocenters. The van der Waals surface area contributed by atoms with Gasteiger partial charge in [-0.3, -0.25) is 0 Å². The van der Waals surface area contributed by atoms with Crippen LogP contribution in [0.25, 0.3) is 0 Å². The molecule has 0 heterocycles. The van der Waals surface area contributed by atoms with E-state index in [1.165, 1.54) is 70.4 Å². The summed E-state index contributed by atoms with van der Waals surface area (Å²) in [7, 11) is 1.50. The van der Waals surface area contributed by atoms with E-state index in [9.17, 15) is 10.2 Å². The van der Waals surface area contributed by atoms with E-state index in [0.29, 0.717) is 10.8 Å². The fraction of sp³-hybridized carbons (Fsp3) is 0.793. The summed E-state index contributed by atoms with van der Waals surface area (Å²) in [6.45, 7) is 10.7. The standard InChI is InChI=1S/C28H44O2.CH5N/c1-20-21(8-5-10-24(20)29)11-12-22-9-6-16-27(4)23(22)13-14-25(27)28(18-19-28)17-7-15-26(2,3)30;1-2/h11-12,23-25,29-30H,1,5-10,13-19H2,2-4H3;2H2,1H3/b21-11-,22-12+;/t23?,24-,25?,27-;/m0./s1. The highest BCUT2D eigenvalue weighted by Gasteiger charge is 2.60. The molecule has 0 spiro atoms. The monoisotopic (exact) mass is 443 g/mol. The van der Waals surface area contributed by atoms with E-state index in [4.69, 9.17) is 0 Å². The highest BCUT2D eigenvalue weighted by atomic mass is 16.3. The Kier molecular flexibility index (Phi) is 8.16. The lowest BCUT2D eigenvalue weighted by molar-refractivity contribution is 0.0521. The third kappa shape index (κ3) is 5.42. The number of hydrogen-bond acceptors (Lipinski definition) is 3. The molecule has 2 unspecified atom stereocenters. The molecule has 4 rings (SSSR count). The lowest BCUT2D eigenvalue weighted by atomic mass is 9.59. The average molecular weight is 444 g/mol. The first kappa shape index (κ1) is 25.7. The number of nitrogens with two attached hydrogens (primary N) is 1. The number of aliphatic hydroxyl groups excluding tert-OH is 1. The van der Waals surface area contributed by atoms with Crippen molar-refractivity contribution in [3.63, 3.8) is 0 Å². The van der Waals surface area contributed by atoms with Crippen LogP contribution in [0.4, 0.5) is 0 Å². The second-order valence-corrected chi connectivity index (χ2v) is 11.9. The van der Waals surface area contributed by atoms with Gasteiger partial charge in [-0.15, -0.1) is 0 Å². The topological polar surface area (TPSA) is 66.5 Å². The molecule has 4 aliphatic carbocycles. The van der Waals surface area contributed by atoms with Crippen molar-refractivity contribution in [3.8, 4) is 0 Å². The van der Waals surface area contributed by atoms with Crippen LogP contribution in [0.2, 0.25) is 0 Å². The molecular weight excluding hydrogens is 394 g/mol. The van der Waals surface area contributed by atoms with Crippen molar-refractivity contribution in [2.45, 2.75) is 116 Å². The first-order valence-electron chi connectivity index (χ1n) is 13.2. The minimum Gasteiger partial charge on any atom is -0.390 e. The zero-order valence-corrected chi connectivity index (χ0v) is 21.3. The largest absolute Gasteiger partial charge is 0.390 e. The van der Waals surface area contributed by atoms with E-state index < -0.39 is 5.60 Å². The van der Waals surface area contributed by atoms with Crippen molar-refractivity contribution in [2.24, 2.45) is 28.4 Å². The molecule has 0 aromatic rings. The molecule has 0 bridgehead atoms. The summed E-state index contributed by atoms with van der Waals surface area (Å²) in [5.41, 5.74) is 8.88. The van der Waals surface area contributed by atoms with Crippen molar-refractivity contribution in [2.75, 3.05) is 7.05 Å². The Morgan fingerprint density at radius 3 is 2.44 bits per heavy atom. The second-order valence-electron chi connectivity index (χ2n) is 11.9. The third-order valence-corrected chi connectivity index (χ3v) is 9.30. The van der Waals surface area contributed by atoms with E-state index >= 15 is 0 Å². The van der Waals surface area contributed by atoms with E-state index in [1.807, 2.05) is 13.8 Å². The molecule has 182 valence electrons. The van der Waals surface area contributed by atoms with E-state index in [0.717, 1.165) is 43.1 Å². The molecule has 4 fully saturated rings. The van der Waals surface area contributed by atoms with Crippen LogP contribution < -0.4 is 5.73 Å². The van der Waals surface area contributed by atoms with Crippen LogP contribution in [-0.4, -0.2) is 29.0 Å². The molecule has 0 radical (unpaired) electrons. The molecule has 0 saturated heterocycles. The summed E-state index contributed by atoms with van der Waals surface area (Å²) >= 11 is 0. The Hall–Kier alpha value is -0.900. The Morgan fingerprint density at radius 1 is 1.06 bits per heavy atom. The van der Waals surface area contributed by atoms with Crippen LogP contribution >= 0.6 is 0 Å².